The number of anilines is 1. The highest BCUT2D eigenvalue weighted by Crippen LogP contribution is 2.36. The van der Waals surface area contributed by atoms with Crippen molar-refractivity contribution in [1.29, 1.82) is 0 Å². The lowest BCUT2D eigenvalue weighted by Gasteiger charge is -2.09. The molecule has 2 N–H and O–H groups in total. The SMILES string of the molecule is CC(=O)c1cc2c(N)c(C(=O)c3cc(C)cc(C)c3C)sc2nc1C. The molecule has 2 heterocycles. The van der Waals surface area contributed by atoms with Crippen molar-refractivity contribution < 1.29 is 9.59 Å². The van der Waals surface area contributed by atoms with Gasteiger partial charge in [-0.3, -0.25) is 9.59 Å². The molecular weight excluding hydrogens is 332 g/mol. The van der Waals surface area contributed by atoms with E-state index in [0.29, 0.717) is 37.6 Å². The summed E-state index contributed by atoms with van der Waals surface area (Å²) in [4.78, 5) is 30.5. The highest BCUT2D eigenvalue weighted by molar-refractivity contribution is 7.21. The van der Waals surface area contributed by atoms with Crippen LogP contribution in [0.2, 0.25) is 0 Å². The number of nitrogens with two attached hydrogens (primary N) is 1. The van der Waals surface area contributed by atoms with Crippen LogP contribution in [0.15, 0.2) is 18.2 Å². The van der Waals surface area contributed by atoms with E-state index in [0.717, 1.165) is 16.7 Å². The number of nitrogen functional groups attached to an aromatic ring is 1. The molecule has 1 aromatic carbocycles. The van der Waals surface area contributed by atoms with E-state index in [4.69, 9.17) is 5.73 Å². The minimum absolute atomic E-state index is 0.0597. The van der Waals surface area contributed by atoms with Crippen LogP contribution >= 0.6 is 11.3 Å². The normalized spacial score (nSPS) is 11.1. The molecule has 0 aliphatic carbocycles. The number of Topliss-reactive ketones (excluding diaryl/α,β-unsaturated/α-hetero) is 1. The van der Waals surface area contributed by atoms with Gasteiger partial charge in [0, 0.05) is 22.2 Å². The van der Waals surface area contributed by atoms with Crippen molar-refractivity contribution in [3.05, 3.63) is 56.6 Å². The third-order valence-electron chi connectivity index (χ3n) is 4.55. The van der Waals surface area contributed by atoms with Crippen molar-refractivity contribution >= 4 is 38.8 Å². The fourth-order valence-electron chi connectivity index (χ4n) is 3.05. The van der Waals surface area contributed by atoms with Crippen LogP contribution in [0.25, 0.3) is 10.2 Å². The molecule has 3 rings (SSSR count). The maximum atomic E-state index is 13.1. The van der Waals surface area contributed by atoms with Gasteiger partial charge in [0.15, 0.2) is 5.78 Å². The number of aromatic nitrogens is 1. The van der Waals surface area contributed by atoms with Crippen molar-refractivity contribution in [3.63, 3.8) is 0 Å². The van der Waals surface area contributed by atoms with Crippen molar-refractivity contribution in [2.75, 3.05) is 5.73 Å². The van der Waals surface area contributed by atoms with Crippen LogP contribution < -0.4 is 5.73 Å². The standard InChI is InChI=1S/C20H20N2O2S/c1-9-6-10(2)11(3)14(7-9)18(24)19-17(21)16-8-15(13(5)23)12(4)22-20(16)25-19/h6-8H,21H2,1-5H3. The van der Waals surface area contributed by atoms with Gasteiger partial charge >= 0.3 is 0 Å². The Balaban J connectivity index is 2.21. The summed E-state index contributed by atoms with van der Waals surface area (Å²) in [5.74, 6) is -0.151. The zero-order valence-corrected chi connectivity index (χ0v) is 15.8. The van der Waals surface area contributed by atoms with Crippen LogP contribution in [0.4, 0.5) is 5.69 Å². The van der Waals surface area contributed by atoms with Crippen molar-refractivity contribution in [2.24, 2.45) is 0 Å². The number of ketones is 2. The molecule has 3 aromatic rings. The van der Waals surface area contributed by atoms with Crippen LogP contribution in [0.5, 0.6) is 0 Å². The maximum Gasteiger partial charge on any atom is 0.205 e. The second kappa shape index (κ2) is 6.08. The fourth-order valence-corrected chi connectivity index (χ4v) is 4.13. The monoisotopic (exact) mass is 352 g/mol. The molecule has 4 nitrogen and oxygen atoms in total. The number of carbonyl (C=O) groups excluding carboxylic acids is 2. The Morgan fingerprint density at radius 1 is 1.04 bits per heavy atom. The topological polar surface area (TPSA) is 73.1 Å². The minimum atomic E-state index is -0.0909. The highest BCUT2D eigenvalue weighted by atomic mass is 32.1. The molecule has 0 saturated carbocycles. The number of fused-ring (bicyclic) bond motifs is 1. The first-order valence-electron chi connectivity index (χ1n) is 8.03. The smallest absolute Gasteiger partial charge is 0.205 e. The van der Waals surface area contributed by atoms with E-state index in [1.165, 1.54) is 18.3 Å². The van der Waals surface area contributed by atoms with Gasteiger partial charge in [0.25, 0.3) is 0 Å². The Morgan fingerprint density at radius 2 is 1.72 bits per heavy atom. The summed E-state index contributed by atoms with van der Waals surface area (Å²) in [5.41, 5.74) is 11.6. The predicted molar refractivity (Wildman–Crippen MR) is 103 cm³/mol. The van der Waals surface area contributed by atoms with Crippen LogP contribution in [-0.2, 0) is 0 Å². The molecule has 0 amide bonds. The lowest BCUT2D eigenvalue weighted by atomic mass is 9.96. The Morgan fingerprint density at radius 3 is 2.36 bits per heavy atom. The van der Waals surface area contributed by atoms with Crippen molar-refractivity contribution in [1.82, 2.24) is 4.98 Å². The first kappa shape index (κ1) is 17.3. The van der Waals surface area contributed by atoms with Crippen LogP contribution in [-0.4, -0.2) is 16.6 Å². The van der Waals surface area contributed by atoms with Crippen LogP contribution in [0.3, 0.4) is 0 Å². The first-order chi connectivity index (χ1) is 11.7. The molecule has 0 saturated heterocycles. The number of nitrogens with zero attached hydrogens (tertiary/aromatic N) is 1. The van der Waals surface area contributed by atoms with E-state index in [1.54, 1.807) is 13.0 Å². The number of aryl methyl sites for hydroxylation is 3. The molecule has 2 aromatic heterocycles. The number of rotatable bonds is 3. The maximum absolute atomic E-state index is 13.1. The van der Waals surface area contributed by atoms with E-state index in [-0.39, 0.29) is 11.6 Å². The molecule has 0 atom stereocenters. The van der Waals surface area contributed by atoms with Gasteiger partial charge in [-0.2, -0.15) is 0 Å². The summed E-state index contributed by atoms with van der Waals surface area (Å²) >= 11 is 1.28. The molecule has 0 unspecified atom stereocenters. The van der Waals surface area contributed by atoms with Crippen LogP contribution in [0, 0.1) is 27.7 Å². The molecule has 128 valence electrons. The average molecular weight is 352 g/mol. The summed E-state index contributed by atoms with van der Waals surface area (Å²) in [6, 6.07) is 5.70. The van der Waals surface area contributed by atoms with Gasteiger partial charge < -0.3 is 5.73 Å². The predicted octanol–water partition coefficient (Wildman–Crippen LogP) is 4.55. The summed E-state index contributed by atoms with van der Waals surface area (Å²) in [7, 11) is 0. The largest absolute Gasteiger partial charge is 0.397 e. The summed E-state index contributed by atoms with van der Waals surface area (Å²) < 4.78 is 0. The fraction of sp³-hybridized carbons (Fsp3) is 0.250. The van der Waals surface area contributed by atoms with Gasteiger partial charge in [-0.05, 0) is 57.9 Å². The zero-order valence-electron chi connectivity index (χ0n) is 15.0. The van der Waals surface area contributed by atoms with Gasteiger partial charge in [-0.25, -0.2) is 4.98 Å². The van der Waals surface area contributed by atoms with E-state index >= 15 is 0 Å². The second-order valence-electron chi connectivity index (χ2n) is 6.46. The molecule has 5 heteroatoms. The van der Waals surface area contributed by atoms with Crippen molar-refractivity contribution in [3.8, 4) is 0 Å². The van der Waals surface area contributed by atoms with Gasteiger partial charge in [0.05, 0.1) is 5.69 Å². The third-order valence-corrected chi connectivity index (χ3v) is 5.67. The van der Waals surface area contributed by atoms with Crippen molar-refractivity contribution in [2.45, 2.75) is 34.6 Å². The second-order valence-corrected chi connectivity index (χ2v) is 7.46. The molecular formula is C20H20N2O2S. The molecule has 0 aliphatic rings. The average Bonchev–Trinajstić information content (AvgIpc) is 2.85. The Labute approximate surface area is 150 Å². The number of carbonyl (C=O) groups is 2. The molecule has 25 heavy (non-hydrogen) atoms. The highest BCUT2D eigenvalue weighted by Gasteiger charge is 2.22. The Bertz CT molecular complexity index is 1050. The Hall–Kier alpha value is -2.53. The van der Waals surface area contributed by atoms with Gasteiger partial charge in [-0.15, -0.1) is 11.3 Å². The van der Waals surface area contributed by atoms with E-state index < -0.39 is 0 Å². The van der Waals surface area contributed by atoms with E-state index in [2.05, 4.69) is 11.1 Å². The molecule has 0 fully saturated rings. The van der Waals surface area contributed by atoms with E-state index in [1.807, 2.05) is 26.8 Å². The summed E-state index contributed by atoms with van der Waals surface area (Å²) in [6.45, 7) is 9.21. The van der Waals surface area contributed by atoms with Gasteiger partial charge in [-0.1, -0.05) is 11.6 Å². The molecule has 0 radical (unpaired) electrons. The lowest BCUT2D eigenvalue weighted by molar-refractivity contribution is 0.101. The van der Waals surface area contributed by atoms with Crippen LogP contribution in [0.1, 0.15) is 54.9 Å². The third kappa shape index (κ3) is 2.85. The summed E-state index contributed by atoms with van der Waals surface area (Å²) in [6.07, 6.45) is 0. The quantitative estimate of drug-likeness (QED) is 0.702. The Kier molecular flexibility index (Phi) is 4.21. The van der Waals surface area contributed by atoms with E-state index in [9.17, 15) is 9.59 Å². The number of hydrogen-bond acceptors (Lipinski definition) is 5. The number of thiophene rings is 1. The number of pyridine rings is 1. The number of hydrogen-bond donors (Lipinski definition) is 1. The lowest BCUT2D eigenvalue weighted by Crippen LogP contribution is -2.06. The van der Waals surface area contributed by atoms with Gasteiger partial charge in [0.1, 0.15) is 9.71 Å². The molecule has 0 bridgehead atoms. The zero-order chi connectivity index (χ0) is 18.5. The first-order valence-corrected chi connectivity index (χ1v) is 8.85. The molecule has 0 spiro atoms. The van der Waals surface area contributed by atoms with Gasteiger partial charge in [0.2, 0.25) is 5.78 Å². The minimum Gasteiger partial charge on any atom is -0.397 e. The molecule has 0 aliphatic heterocycles. The summed E-state index contributed by atoms with van der Waals surface area (Å²) in [5, 5.41) is 0.672. The number of benzene rings is 1.